The summed E-state index contributed by atoms with van der Waals surface area (Å²) < 4.78 is 5.76. The molecule has 1 aliphatic heterocycles. The number of amides is 1. The smallest absolute Gasteiger partial charge is 0.234 e. The van der Waals surface area contributed by atoms with E-state index in [4.69, 9.17) is 4.74 Å². The van der Waals surface area contributed by atoms with Gasteiger partial charge in [-0.15, -0.1) is 0 Å². The molecule has 1 aromatic rings. The van der Waals surface area contributed by atoms with Crippen LogP contribution in [0.15, 0.2) is 16.8 Å². The fraction of sp³-hybridized carbons (Fsp3) is 0.706. The number of carbonyl (C=O) groups excluding carboxylic acids is 1. The first-order chi connectivity index (χ1) is 11.0. The Morgan fingerprint density at radius 1 is 1.57 bits per heavy atom. The van der Waals surface area contributed by atoms with Crippen LogP contribution in [-0.4, -0.2) is 68.2 Å². The Labute approximate surface area is 143 Å². The third-order valence-corrected chi connectivity index (χ3v) is 4.55. The monoisotopic (exact) mass is 339 g/mol. The molecule has 1 N–H and O–H groups in total. The first kappa shape index (κ1) is 18.4. The Bertz CT molecular complexity index is 464. The van der Waals surface area contributed by atoms with Crippen LogP contribution in [0.25, 0.3) is 0 Å². The lowest BCUT2D eigenvalue weighted by Gasteiger charge is -2.34. The Morgan fingerprint density at radius 2 is 2.39 bits per heavy atom. The molecule has 130 valence electrons. The fourth-order valence-corrected chi connectivity index (χ4v) is 3.52. The summed E-state index contributed by atoms with van der Waals surface area (Å²) in [5.74, 6) is 0.724. The highest BCUT2D eigenvalue weighted by atomic mass is 32.1. The van der Waals surface area contributed by atoms with E-state index in [9.17, 15) is 4.79 Å². The highest BCUT2D eigenvalue weighted by Crippen LogP contribution is 2.09. The van der Waals surface area contributed by atoms with Crippen molar-refractivity contribution in [3.8, 4) is 0 Å². The summed E-state index contributed by atoms with van der Waals surface area (Å²) in [5.41, 5.74) is 1.25. The Kier molecular flexibility index (Phi) is 7.49. The van der Waals surface area contributed by atoms with Gasteiger partial charge in [0.2, 0.25) is 5.91 Å². The number of likely N-dealkylation sites (N-methyl/N-ethyl adjacent to an activating group) is 1. The van der Waals surface area contributed by atoms with Crippen molar-refractivity contribution in [3.63, 3.8) is 0 Å². The summed E-state index contributed by atoms with van der Waals surface area (Å²) in [6, 6.07) is 2.10. The van der Waals surface area contributed by atoms with Crippen molar-refractivity contribution < 1.29 is 9.53 Å². The molecular formula is C17H29N3O2S. The van der Waals surface area contributed by atoms with Gasteiger partial charge in [0.05, 0.1) is 19.3 Å². The number of carbonyl (C=O) groups is 1. The maximum Gasteiger partial charge on any atom is 0.234 e. The maximum atomic E-state index is 12.1. The minimum absolute atomic E-state index is 0.0623. The Hall–Kier alpha value is -0.950. The van der Waals surface area contributed by atoms with Gasteiger partial charge in [-0.05, 0) is 35.4 Å². The standard InChI is InChI=1S/C17H29N3O2S/c1-14(2)9-20-5-6-22-16(11-20)8-18-17(21)12-19(3)10-15-4-7-23-13-15/h4,7,13-14,16H,5-6,8-12H2,1-3H3,(H,18,21)/t16-/m1/s1. The van der Waals surface area contributed by atoms with E-state index in [1.54, 1.807) is 11.3 Å². The summed E-state index contributed by atoms with van der Waals surface area (Å²) in [4.78, 5) is 16.5. The zero-order chi connectivity index (χ0) is 16.7. The molecule has 1 fully saturated rings. The van der Waals surface area contributed by atoms with E-state index >= 15 is 0 Å². The van der Waals surface area contributed by atoms with E-state index in [0.717, 1.165) is 32.8 Å². The van der Waals surface area contributed by atoms with Crippen LogP contribution < -0.4 is 5.32 Å². The van der Waals surface area contributed by atoms with Crippen LogP contribution >= 0.6 is 11.3 Å². The van der Waals surface area contributed by atoms with Crippen molar-refractivity contribution in [1.29, 1.82) is 0 Å². The first-order valence-electron chi connectivity index (χ1n) is 8.33. The molecule has 1 atom stereocenters. The van der Waals surface area contributed by atoms with Crippen LogP contribution in [0.2, 0.25) is 0 Å². The third-order valence-electron chi connectivity index (χ3n) is 3.82. The van der Waals surface area contributed by atoms with Crippen molar-refractivity contribution in [1.82, 2.24) is 15.1 Å². The quantitative estimate of drug-likeness (QED) is 0.782. The summed E-state index contributed by atoms with van der Waals surface area (Å²) in [6.45, 7) is 10.0. The SMILES string of the molecule is CC(C)CN1CCO[C@H](CNC(=O)CN(C)Cc2ccsc2)C1. The molecule has 2 heterocycles. The minimum Gasteiger partial charge on any atom is -0.374 e. The van der Waals surface area contributed by atoms with E-state index in [1.165, 1.54) is 5.56 Å². The lowest BCUT2D eigenvalue weighted by Crippen LogP contribution is -2.49. The number of hydrogen-bond acceptors (Lipinski definition) is 5. The van der Waals surface area contributed by atoms with E-state index in [0.29, 0.717) is 19.0 Å². The number of rotatable bonds is 8. The average Bonchev–Trinajstić information content (AvgIpc) is 2.97. The van der Waals surface area contributed by atoms with Crippen molar-refractivity contribution >= 4 is 17.2 Å². The van der Waals surface area contributed by atoms with Gasteiger partial charge in [0.25, 0.3) is 0 Å². The molecule has 1 amide bonds. The number of nitrogens with one attached hydrogen (secondary N) is 1. The zero-order valence-corrected chi connectivity index (χ0v) is 15.3. The van der Waals surface area contributed by atoms with Gasteiger partial charge in [-0.2, -0.15) is 11.3 Å². The molecule has 5 nitrogen and oxygen atoms in total. The van der Waals surface area contributed by atoms with Gasteiger partial charge in [-0.3, -0.25) is 14.6 Å². The van der Waals surface area contributed by atoms with Crippen LogP contribution in [-0.2, 0) is 16.1 Å². The topological polar surface area (TPSA) is 44.8 Å². The normalized spacial score (nSPS) is 19.4. The van der Waals surface area contributed by atoms with Crippen molar-refractivity contribution in [2.45, 2.75) is 26.5 Å². The number of nitrogens with zero attached hydrogens (tertiary/aromatic N) is 2. The van der Waals surface area contributed by atoms with Gasteiger partial charge in [-0.1, -0.05) is 13.8 Å². The first-order valence-corrected chi connectivity index (χ1v) is 9.27. The maximum absolute atomic E-state index is 12.1. The highest BCUT2D eigenvalue weighted by Gasteiger charge is 2.21. The number of morpholine rings is 1. The second-order valence-corrected chi connectivity index (χ2v) is 7.53. The second-order valence-electron chi connectivity index (χ2n) is 6.75. The molecule has 6 heteroatoms. The van der Waals surface area contributed by atoms with Crippen LogP contribution in [0.5, 0.6) is 0 Å². The van der Waals surface area contributed by atoms with Crippen LogP contribution in [0, 0.1) is 5.92 Å². The largest absolute Gasteiger partial charge is 0.374 e. The van der Waals surface area contributed by atoms with E-state index in [1.807, 2.05) is 11.9 Å². The molecule has 0 aromatic carbocycles. The van der Waals surface area contributed by atoms with Crippen LogP contribution in [0.3, 0.4) is 0 Å². The molecular weight excluding hydrogens is 310 g/mol. The van der Waals surface area contributed by atoms with E-state index < -0.39 is 0 Å². The Balaban J connectivity index is 1.65. The third kappa shape index (κ3) is 6.99. The molecule has 0 bridgehead atoms. The van der Waals surface area contributed by atoms with E-state index in [2.05, 4.69) is 40.9 Å². The average molecular weight is 340 g/mol. The molecule has 1 aliphatic rings. The molecule has 0 spiro atoms. The number of hydrogen-bond donors (Lipinski definition) is 1. The number of ether oxygens (including phenoxy) is 1. The summed E-state index contributed by atoms with van der Waals surface area (Å²) >= 11 is 1.69. The van der Waals surface area contributed by atoms with Gasteiger partial charge in [0.1, 0.15) is 0 Å². The predicted octanol–water partition coefficient (Wildman–Crippen LogP) is 1.65. The molecule has 1 aromatic heterocycles. The van der Waals surface area contributed by atoms with Gasteiger partial charge in [-0.25, -0.2) is 0 Å². The summed E-state index contributed by atoms with van der Waals surface area (Å²) in [7, 11) is 1.97. The summed E-state index contributed by atoms with van der Waals surface area (Å²) in [6.07, 6.45) is 0.105. The molecule has 2 rings (SSSR count). The van der Waals surface area contributed by atoms with Crippen molar-refractivity contribution in [3.05, 3.63) is 22.4 Å². The summed E-state index contributed by atoms with van der Waals surface area (Å²) in [5, 5.41) is 7.19. The second kappa shape index (κ2) is 9.37. The van der Waals surface area contributed by atoms with Crippen LogP contribution in [0.1, 0.15) is 19.4 Å². The highest BCUT2D eigenvalue weighted by molar-refractivity contribution is 7.07. The van der Waals surface area contributed by atoms with Gasteiger partial charge in [0.15, 0.2) is 0 Å². The molecule has 0 unspecified atom stereocenters. The van der Waals surface area contributed by atoms with Gasteiger partial charge >= 0.3 is 0 Å². The molecule has 23 heavy (non-hydrogen) atoms. The fourth-order valence-electron chi connectivity index (χ4n) is 2.87. The molecule has 0 aliphatic carbocycles. The molecule has 1 saturated heterocycles. The van der Waals surface area contributed by atoms with Gasteiger partial charge in [0, 0.05) is 32.7 Å². The predicted molar refractivity (Wildman–Crippen MR) is 94.7 cm³/mol. The van der Waals surface area contributed by atoms with Crippen molar-refractivity contribution in [2.75, 3.05) is 46.4 Å². The lowest BCUT2D eigenvalue weighted by atomic mass is 10.2. The zero-order valence-electron chi connectivity index (χ0n) is 14.5. The van der Waals surface area contributed by atoms with Crippen molar-refractivity contribution in [2.24, 2.45) is 5.92 Å². The number of thiophene rings is 1. The minimum atomic E-state index is 0.0623. The van der Waals surface area contributed by atoms with Gasteiger partial charge < -0.3 is 10.1 Å². The van der Waals surface area contributed by atoms with Crippen LogP contribution in [0.4, 0.5) is 0 Å². The lowest BCUT2D eigenvalue weighted by molar-refractivity contribution is -0.123. The molecule has 0 radical (unpaired) electrons. The Morgan fingerprint density at radius 3 is 3.09 bits per heavy atom. The molecule has 0 saturated carbocycles. The van der Waals surface area contributed by atoms with E-state index in [-0.39, 0.29) is 12.0 Å².